The average molecular weight is 394 g/mol. The van der Waals surface area contributed by atoms with Crippen molar-refractivity contribution in [3.8, 4) is 0 Å². The minimum atomic E-state index is -5.01. The van der Waals surface area contributed by atoms with Gasteiger partial charge in [-0.05, 0) is 0 Å². The molecule has 0 aliphatic carbocycles. The summed E-state index contributed by atoms with van der Waals surface area (Å²) in [5, 5.41) is 0. The Morgan fingerprint density at radius 1 is 0.571 bits per heavy atom. The van der Waals surface area contributed by atoms with Gasteiger partial charge in [-0.15, -0.1) is 0 Å². The fraction of sp³-hybridized carbons (Fsp3) is 1.00. The average Bonchev–Trinajstić information content (AvgIpc) is 2.37. The van der Waals surface area contributed by atoms with Crippen molar-refractivity contribution in [2.24, 2.45) is 0 Å². The maximum absolute atomic E-state index is 11.9. The van der Waals surface area contributed by atoms with Gasteiger partial charge in [0.15, 0.2) is 0 Å². The summed E-state index contributed by atoms with van der Waals surface area (Å²) < 4.78 is 74.6. The van der Waals surface area contributed by atoms with Crippen LogP contribution in [0.3, 0.4) is 0 Å². The molecule has 4 atom stereocenters. The molecule has 0 aromatic carbocycles. The lowest BCUT2D eigenvalue weighted by molar-refractivity contribution is 0.158. The molecule has 0 spiro atoms. The summed E-state index contributed by atoms with van der Waals surface area (Å²) in [5.74, 6) is 0. The van der Waals surface area contributed by atoms with Crippen LogP contribution in [0.4, 0.5) is 0 Å². The lowest BCUT2D eigenvalue weighted by Gasteiger charge is -2.22. The molecule has 0 heterocycles. The summed E-state index contributed by atoms with van der Waals surface area (Å²) in [4.78, 5) is 18.0. The molecular weight excluding hydrogens is 380 g/mol. The summed E-state index contributed by atoms with van der Waals surface area (Å²) >= 11 is 0. The predicted octanol–water partition coefficient (Wildman–Crippen LogP) is 2.04. The van der Waals surface area contributed by atoms with E-state index in [-0.39, 0.29) is 0 Å². The molecule has 0 aromatic rings. The fourth-order valence-electron chi connectivity index (χ4n) is 0.605. The van der Waals surface area contributed by atoms with Crippen LogP contribution >= 0.6 is 31.3 Å². The predicted molar refractivity (Wildman–Crippen MR) is 66.2 cm³/mol. The van der Waals surface area contributed by atoms with Crippen molar-refractivity contribution < 1.29 is 59.1 Å². The molecule has 128 valence electrons. The van der Waals surface area contributed by atoms with E-state index in [1.165, 1.54) is 0 Å². The van der Waals surface area contributed by atoms with E-state index in [1.54, 1.807) is 0 Å². The Balaban J connectivity index is 5.33. The van der Waals surface area contributed by atoms with Crippen molar-refractivity contribution in [3.63, 3.8) is 0 Å². The zero-order valence-electron chi connectivity index (χ0n) is 11.2. The Labute approximate surface area is 119 Å². The van der Waals surface area contributed by atoms with Gasteiger partial charge in [-0.25, -0.2) is 18.3 Å². The van der Waals surface area contributed by atoms with Gasteiger partial charge in [-0.2, -0.15) is 12.9 Å². The quantitative estimate of drug-likeness (QED) is 0.516. The van der Waals surface area contributed by atoms with Crippen LogP contribution in [-0.2, 0) is 49.3 Å². The number of hydrogen-bond acceptors (Lipinski definition) is 11. The normalized spacial score (nSPS) is 23.5. The second-order valence-corrected chi connectivity index (χ2v) is 9.89. The highest BCUT2D eigenvalue weighted by molar-refractivity contribution is 7.70. The van der Waals surface area contributed by atoms with Crippen molar-refractivity contribution in [2.75, 3.05) is 28.4 Å². The van der Waals surface area contributed by atoms with Gasteiger partial charge in [0.05, 0.1) is 0 Å². The van der Waals surface area contributed by atoms with Crippen molar-refractivity contribution in [2.45, 2.75) is 0 Å². The standard InChI is InChI=1S/C4H14O13P4/c1-11-18(5,6)15-20(9,13-3)17-21(10,14-4)16-19(7,8)12-2/h1-4H3,(H,5,6)(H,7,8). The molecular formula is C4H14O13P4. The number of hydrogen-bond donors (Lipinski definition) is 2. The number of phosphoric acid groups is 4. The maximum atomic E-state index is 11.9. The third-order valence-electron chi connectivity index (χ3n) is 1.52. The molecule has 2 N–H and O–H groups in total. The van der Waals surface area contributed by atoms with E-state index in [2.05, 4.69) is 31.0 Å². The summed E-state index contributed by atoms with van der Waals surface area (Å²) in [5.41, 5.74) is 0. The van der Waals surface area contributed by atoms with Crippen LogP contribution < -0.4 is 0 Å². The van der Waals surface area contributed by atoms with E-state index < -0.39 is 31.3 Å². The van der Waals surface area contributed by atoms with Crippen LogP contribution in [0.25, 0.3) is 0 Å². The van der Waals surface area contributed by atoms with Crippen molar-refractivity contribution in [3.05, 3.63) is 0 Å². The Morgan fingerprint density at radius 3 is 1.05 bits per heavy atom. The van der Waals surface area contributed by atoms with Crippen LogP contribution in [0.2, 0.25) is 0 Å². The van der Waals surface area contributed by atoms with E-state index in [0.717, 1.165) is 14.2 Å². The van der Waals surface area contributed by atoms with E-state index >= 15 is 0 Å². The SMILES string of the molecule is COP(=O)(O)OP(=O)(OC)OP(=O)(OC)OP(=O)(O)OC. The Morgan fingerprint density at radius 2 is 0.857 bits per heavy atom. The lowest BCUT2D eigenvalue weighted by Crippen LogP contribution is -2.01. The lowest BCUT2D eigenvalue weighted by atomic mass is 11.8. The first-order valence-corrected chi connectivity index (χ1v) is 10.5. The monoisotopic (exact) mass is 394 g/mol. The van der Waals surface area contributed by atoms with Gasteiger partial charge in [-0.1, -0.05) is 0 Å². The smallest absolute Gasteiger partial charge is 0.302 e. The van der Waals surface area contributed by atoms with Crippen molar-refractivity contribution in [1.82, 2.24) is 0 Å². The van der Waals surface area contributed by atoms with E-state index in [1.807, 2.05) is 0 Å². The maximum Gasteiger partial charge on any atom is 0.492 e. The minimum absolute atomic E-state index is 0.700. The summed E-state index contributed by atoms with van der Waals surface area (Å²) in [6, 6.07) is 0. The summed E-state index contributed by atoms with van der Waals surface area (Å²) in [6.45, 7) is 0. The van der Waals surface area contributed by atoms with Crippen LogP contribution in [0.1, 0.15) is 0 Å². The third kappa shape index (κ3) is 7.58. The molecule has 0 rings (SSSR count). The zero-order chi connectivity index (χ0) is 16.9. The highest BCUT2D eigenvalue weighted by Gasteiger charge is 2.47. The topological polar surface area (TPSA) is 173 Å². The summed E-state index contributed by atoms with van der Waals surface area (Å²) in [6.07, 6.45) is 0. The number of rotatable bonds is 10. The molecule has 0 aliphatic rings. The molecule has 17 heteroatoms. The molecule has 0 saturated heterocycles. The highest BCUT2D eigenvalue weighted by atomic mass is 31.3. The van der Waals surface area contributed by atoms with Gasteiger partial charge in [0.25, 0.3) is 0 Å². The fourth-order valence-corrected chi connectivity index (χ4v) is 5.98. The van der Waals surface area contributed by atoms with Gasteiger partial charge in [0, 0.05) is 28.4 Å². The first-order valence-electron chi connectivity index (χ1n) is 4.59. The van der Waals surface area contributed by atoms with E-state index in [9.17, 15) is 18.3 Å². The third-order valence-corrected chi connectivity index (χ3v) is 8.18. The van der Waals surface area contributed by atoms with Gasteiger partial charge in [0.1, 0.15) is 0 Å². The van der Waals surface area contributed by atoms with Gasteiger partial charge in [0.2, 0.25) is 0 Å². The molecule has 0 saturated carbocycles. The van der Waals surface area contributed by atoms with Gasteiger partial charge >= 0.3 is 31.3 Å². The highest BCUT2D eigenvalue weighted by Crippen LogP contribution is 2.74. The van der Waals surface area contributed by atoms with Crippen LogP contribution in [0.15, 0.2) is 0 Å². The van der Waals surface area contributed by atoms with Gasteiger partial charge < -0.3 is 9.79 Å². The van der Waals surface area contributed by atoms with Crippen molar-refractivity contribution >= 4 is 31.3 Å². The molecule has 21 heavy (non-hydrogen) atoms. The first kappa shape index (κ1) is 21.6. The Kier molecular flexibility index (Phi) is 8.11. The van der Waals surface area contributed by atoms with Crippen LogP contribution in [0.5, 0.6) is 0 Å². The molecule has 0 radical (unpaired) electrons. The molecule has 0 aliphatic heterocycles. The van der Waals surface area contributed by atoms with E-state index in [0.29, 0.717) is 14.2 Å². The zero-order valence-corrected chi connectivity index (χ0v) is 14.8. The molecule has 0 aromatic heterocycles. The minimum Gasteiger partial charge on any atom is -0.302 e. The Hall–Kier alpha value is 0.560. The molecule has 13 nitrogen and oxygen atoms in total. The molecule has 0 fully saturated rings. The van der Waals surface area contributed by atoms with E-state index in [4.69, 9.17) is 9.79 Å². The van der Waals surface area contributed by atoms with Crippen molar-refractivity contribution in [1.29, 1.82) is 0 Å². The summed E-state index contributed by atoms with van der Waals surface area (Å²) in [7, 11) is -16.9. The molecule has 0 amide bonds. The van der Waals surface area contributed by atoms with Gasteiger partial charge in [-0.3, -0.25) is 18.1 Å². The second-order valence-electron chi connectivity index (χ2n) is 2.81. The van der Waals surface area contributed by atoms with Crippen LogP contribution in [0, 0.1) is 0 Å². The largest absolute Gasteiger partial charge is 0.492 e. The second kappa shape index (κ2) is 7.90. The Bertz CT molecular complexity index is 480. The van der Waals surface area contributed by atoms with Crippen LogP contribution in [-0.4, -0.2) is 38.2 Å². The molecule has 4 unspecified atom stereocenters. The first-order chi connectivity index (χ1) is 9.36. The number of phosphoric ester groups is 2. The molecule has 0 bridgehead atoms.